The molecule has 1 heterocycles. The Hall–Kier alpha value is -1.51. The van der Waals surface area contributed by atoms with Crippen LogP contribution in [-0.4, -0.2) is 28.3 Å². The molecule has 0 spiro atoms. The minimum Gasteiger partial charge on any atom is -0.333 e. The van der Waals surface area contributed by atoms with Gasteiger partial charge in [0, 0.05) is 5.75 Å². The van der Waals surface area contributed by atoms with Crippen molar-refractivity contribution < 1.29 is 0 Å². The fourth-order valence-corrected chi connectivity index (χ4v) is 2.86. The standard InChI is InChI=1S/C15H20N4S/c1-3-7-17-12(10-16)6-8-20-15-18-13-5-4-11(2)9-14(13)19-15/h4-5,9,12,17H,3,6-8H2,1-2H3,(H,18,19). The van der Waals surface area contributed by atoms with Gasteiger partial charge in [-0.25, -0.2) is 4.98 Å². The Morgan fingerprint density at radius 1 is 1.50 bits per heavy atom. The molecular weight excluding hydrogens is 268 g/mol. The van der Waals surface area contributed by atoms with Crippen molar-refractivity contribution in [3.63, 3.8) is 0 Å². The van der Waals surface area contributed by atoms with E-state index in [-0.39, 0.29) is 6.04 Å². The molecule has 2 N–H and O–H groups in total. The third-order valence-electron chi connectivity index (χ3n) is 3.06. The zero-order valence-corrected chi connectivity index (χ0v) is 12.8. The van der Waals surface area contributed by atoms with E-state index in [1.807, 2.05) is 6.07 Å². The Morgan fingerprint density at radius 3 is 3.10 bits per heavy atom. The van der Waals surface area contributed by atoms with Crippen LogP contribution in [0.25, 0.3) is 11.0 Å². The number of aromatic nitrogens is 2. The first-order chi connectivity index (χ1) is 9.72. The van der Waals surface area contributed by atoms with Crippen LogP contribution in [0.5, 0.6) is 0 Å². The van der Waals surface area contributed by atoms with Gasteiger partial charge in [-0.1, -0.05) is 24.8 Å². The van der Waals surface area contributed by atoms with E-state index >= 15 is 0 Å². The molecule has 0 radical (unpaired) electrons. The van der Waals surface area contributed by atoms with Crippen LogP contribution in [0.4, 0.5) is 0 Å². The largest absolute Gasteiger partial charge is 0.333 e. The fraction of sp³-hybridized carbons (Fsp3) is 0.467. The van der Waals surface area contributed by atoms with E-state index in [4.69, 9.17) is 5.26 Å². The van der Waals surface area contributed by atoms with Crippen LogP contribution in [0.3, 0.4) is 0 Å². The van der Waals surface area contributed by atoms with E-state index in [0.717, 1.165) is 41.3 Å². The number of thioether (sulfide) groups is 1. The van der Waals surface area contributed by atoms with Gasteiger partial charge in [0.1, 0.15) is 0 Å². The Bertz CT molecular complexity index is 599. The molecule has 0 amide bonds. The van der Waals surface area contributed by atoms with Gasteiger partial charge in [0.05, 0.1) is 23.1 Å². The predicted octanol–water partition coefficient (Wildman–Crippen LogP) is 3.25. The summed E-state index contributed by atoms with van der Waals surface area (Å²) in [5, 5.41) is 13.2. The van der Waals surface area contributed by atoms with Gasteiger partial charge in [0.25, 0.3) is 0 Å². The average Bonchev–Trinajstić information content (AvgIpc) is 2.84. The Morgan fingerprint density at radius 2 is 2.35 bits per heavy atom. The highest BCUT2D eigenvalue weighted by atomic mass is 32.2. The van der Waals surface area contributed by atoms with Gasteiger partial charge in [0.2, 0.25) is 0 Å². The number of hydrogen-bond donors (Lipinski definition) is 2. The van der Waals surface area contributed by atoms with Crippen molar-refractivity contribution in [1.29, 1.82) is 5.26 Å². The third kappa shape index (κ3) is 3.99. The number of rotatable bonds is 7. The van der Waals surface area contributed by atoms with Crippen molar-refractivity contribution in [1.82, 2.24) is 15.3 Å². The molecule has 2 rings (SSSR count). The second kappa shape index (κ2) is 7.32. The van der Waals surface area contributed by atoms with Crippen LogP contribution in [0, 0.1) is 18.3 Å². The Kier molecular flexibility index (Phi) is 5.45. The normalized spacial score (nSPS) is 12.4. The summed E-state index contributed by atoms with van der Waals surface area (Å²) in [5.74, 6) is 0.883. The summed E-state index contributed by atoms with van der Waals surface area (Å²) in [6, 6.07) is 8.45. The van der Waals surface area contributed by atoms with Gasteiger partial charge >= 0.3 is 0 Å². The molecule has 0 aliphatic rings. The number of nitrogens with zero attached hydrogens (tertiary/aromatic N) is 2. The summed E-state index contributed by atoms with van der Waals surface area (Å²) in [7, 11) is 0. The maximum absolute atomic E-state index is 9.05. The minimum absolute atomic E-state index is 0.0610. The summed E-state index contributed by atoms with van der Waals surface area (Å²) in [6.45, 7) is 5.07. The van der Waals surface area contributed by atoms with Crippen LogP contribution < -0.4 is 5.32 Å². The van der Waals surface area contributed by atoms with Gasteiger partial charge in [0.15, 0.2) is 5.16 Å². The first-order valence-electron chi connectivity index (χ1n) is 6.95. The van der Waals surface area contributed by atoms with Gasteiger partial charge < -0.3 is 10.3 Å². The predicted molar refractivity (Wildman–Crippen MR) is 83.9 cm³/mol. The summed E-state index contributed by atoms with van der Waals surface area (Å²) in [6.07, 6.45) is 1.88. The number of hydrogen-bond acceptors (Lipinski definition) is 4. The molecule has 1 aromatic heterocycles. The molecule has 5 heteroatoms. The maximum atomic E-state index is 9.05. The summed E-state index contributed by atoms with van der Waals surface area (Å²) in [4.78, 5) is 7.86. The lowest BCUT2D eigenvalue weighted by molar-refractivity contribution is 0.585. The van der Waals surface area contributed by atoms with E-state index in [0.29, 0.717) is 0 Å². The monoisotopic (exact) mass is 288 g/mol. The van der Waals surface area contributed by atoms with Crippen LogP contribution in [-0.2, 0) is 0 Å². The maximum Gasteiger partial charge on any atom is 0.166 e. The Labute approximate surface area is 124 Å². The molecule has 0 saturated heterocycles. The highest BCUT2D eigenvalue weighted by molar-refractivity contribution is 7.99. The van der Waals surface area contributed by atoms with Gasteiger partial charge in [-0.3, -0.25) is 0 Å². The number of aryl methyl sites for hydroxylation is 1. The summed E-state index contributed by atoms with van der Waals surface area (Å²) in [5.41, 5.74) is 3.30. The zero-order chi connectivity index (χ0) is 14.4. The number of benzene rings is 1. The second-order valence-electron chi connectivity index (χ2n) is 4.84. The fourth-order valence-electron chi connectivity index (χ4n) is 1.97. The van der Waals surface area contributed by atoms with E-state index in [1.165, 1.54) is 5.56 Å². The number of nitriles is 1. The topological polar surface area (TPSA) is 64.5 Å². The summed E-state index contributed by atoms with van der Waals surface area (Å²) < 4.78 is 0. The molecule has 20 heavy (non-hydrogen) atoms. The molecule has 1 aromatic carbocycles. The van der Waals surface area contributed by atoms with Gasteiger partial charge in [-0.05, 0) is 44.0 Å². The van der Waals surface area contributed by atoms with Gasteiger partial charge in [-0.15, -0.1) is 0 Å². The van der Waals surface area contributed by atoms with E-state index in [1.54, 1.807) is 11.8 Å². The molecule has 0 fully saturated rings. The number of H-pyrrole nitrogens is 1. The van der Waals surface area contributed by atoms with E-state index < -0.39 is 0 Å². The molecule has 106 valence electrons. The van der Waals surface area contributed by atoms with Crippen molar-refractivity contribution in [2.24, 2.45) is 0 Å². The minimum atomic E-state index is -0.0610. The van der Waals surface area contributed by atoms with E-state index in [2.05, 4.69) is 47.3 Å². The van der Waals surface area contributed by atoms with Crippen LogP contribution in [0.2, 0.25) is 0 Å². The molecule has 0 aliphatic carbocycles. The molecule has 0 aliphatic heterocycles. The molecule has 0 saturated carbocycles. The molecule has 1 atom stereocenters. The quantitative estimate of drug-likeness (QED) is 0.768. The van der Waals surface area contributed by atoms with Crippen molar-refractivity contribution >= 4 is 22.8 Å². The van der Waals surface area contributed by atoms with Crippen molar-refractivity contribution in [2.75, 3.05) is 12.3 Å². The first-order valence-corrected chi connectivity index (χ1v) is 7.93. The number of imidazole rings is 1. The van der Waals surface area contributed by atoms with Crippen molar-refractivity contribution in [3.05, 3.63) is 23.8 Å². The highest BCUT2D eigenvalue weighted by Crippen LogP contribution is 2.21. The second-order valence-corrected chi connectivity index (χ2v) is 5.92. The molecule has 1 unspecified atom stereocenters. The number of nitrogens with one attached hydrogen (secondary N) is 2. The first kappa shape index (κ1) is 14.9. The number of fused-ring (bicyclic) bond motifs is 1. The lowest BCUT2D eigenvalue weighted by Gasteiger charge is -2.09. The van der Waals surface area contributed by atoms with E-state index in [9.17, 15) is 0 Å². The Balaban J connectivity index is 1.88. The van der Waals surface area contributed by atoms with Crippen LogP contribution >= 0.6 is 11.8 Å². The molecule has 0 bridgehead atoms. The SMILES string of the molecule is CCCNC(C#N)CCSc1nc2ccc(C)cc2[nH]1. The van der Waals surface area contributed by atoms with Crippen molar-refractivity contribution in [2.45, 2.75) is 37.9 Å². The lowest BCUT2D eigenvalue weighted by atomic mass is 10.2. The molecular formula is C15H20N4S. The summed E-state index contributed by atoms with van der Waals surface area (Å²) >= 11 is 1.67. The highest BCUT2D eigenvalue weighted by Gasteiger charge is 2.08. The average molecular weight is 288 g/mol. The molecule has 2 aromatic rings. The number of aromatic amines is 1. The molecule has 4 nitrogen and oxygen atoms in total. The van der Waals surface area contributed by atoms with Gasteiger partial charge in [-0.2, -0.15) is 5.26 Å². The van der Waals surface area contributed by atoms with Crippen LogP contribution in [0.15, 0.2) is 23.4 Å². The smallest absolute Gasteiger partial charge is 0.166 e. The van der Waals surface area contributed by atoms with Crippen LogP contribution in [0.1, 0.15) is 25.3 Å². The lowest BCUT2D eigenvalue weighted by Crippen LogP contribution is -2.28. The zero-order valence-electron chi connectivity index (χ0n) is 11.9. The third-order valence-corrected chi connectivity index (χ3v) is 3.96. The van der Waals surface area contributed by atoms with Crippen molar-refractivity contribution in [3.8, 4) is 6.07 Å².